The highest BCUT2D eigenvalue weighted by Gasteiger charge is 2.32. The fourth-order valence-electron chi connectivity index (χ4n) is 3.08. The molecule has 0 saturated heterocycles. The molecule has 0 aliphatic rings. The van der Waals surface area contributed by atoms with Gasteiger partial charge in [0.25, 0.3) is 0 Å². The quantitative estimate of drug-likeness (QED) is 0.117. The molecular weight excluding hydrogens is 478 g/mol. The van der Waals surface area contributed by atoms with Crippen LogP contribution in [0.25, 0.3) is 0 Å². The second-order valence-corrected chi connectivity index (χ2v) is 8.32. The van der Waals surface area contributed by atoms with E-state index in [2.05, 4.69) is 25.9 Å². The van der Waals surface area contributed by atoms with Gasteiger partial charge in [0.05, 0.1) is 18.8 Å². The lowest BCUT2D eigenvalue weighted by molar-refractivity contribution is -0.143. The van der Waals surface area contributed by atoms with Crippen LogP contribution in [0.3, 0.4) is 0 Å². The molecule has 1 heterocycles. The molecule has 0 aliphatic heterocycles. The number of nitrogens with two attached hydrogens (primary N) is 2. The van der Waals surface area contributed by atoms with Crippen LogP contribution >= 0.6 is 0 Å². The number of primary amides is 1. The summed E-state index contributed by atoms with van der Waals surface area (Å²) in [4.78, 5) is 78.7. The Labute approximate surface area is 206 Å². The number of aliphatic carboxylic acids is 2. The van der Waals surface area contributed by atoms with E-state index in [4.69, 9.17) is 11.5 Å². The number of nitrogens with zero attached hydrogens (tertiary/aromatic N) is 1. The number of hydrogen-bond acceptors (Lipinski definition) is 8. The van der Waals surface area contributed by atoms with E-state index in [0.717, 1.165) is 0 Å². The molecule has 5 atom stereocenters. The molecule has 0 spiro atoms. The fourth-order valence-corrected chi connectivity index (χ4v) is 3.08. The van der Waals surface area contributed by atoms with Gasteiger partial charge in [-0.2, -0.15) is 0 Å². The van der Waals surface area contributed by atoms with Crippen molar-refractivity contribution in [3.8, 4) is 0 Å². The van der Waals surface area contributed by atoms with Crippen LogP contribution in [0.1, 0.15) is 45.2 Å². The largest absolute Gasteiger partial charge is 0.481 e. The minimum atomic E-state index is -1.69. The van der Waals surface area contributed by atoms with Crippen LogP contribution in [0.15, 0.2) is 12.5 Å². The third-order valence-electron chi connectivity index (χ3n) is 5.48. The first-order valence-corrected chi connectivity index (χ1v) is 11.2. The van der Waals surface area contributed by atoms with Crippen molar-refractivity contribution in [3.05, 3.63) is 18.2 Å². The summed E-state index contributed by atoms with van der Waals surface area (Å²) >= 11 is 0. The first-order chi connectivity index (χ1) is 16.8. The van der Waals surface area contributed by atoms with Crippen molar-refractivity contribution in [1.82, 2.24) is 25.9 Å². The summed E-state index contributed by atoms with van der Waals surface area (Å²) in [5.74, 6) is -6.55. The third-order valence-corrected chi connectivity index (χ3v) is 5.48. The van der Waals surface area contributed by atoms with E-state index < -0.39 is 66.2 Å². The van der Waals surface area contributed by atoms with Crippen molar-refractivity contribution >= 4 is 35.6 Å². The number of aromatic nitrogens is 2. The van der Waals surface area contributed by atoms with Gasteiger partial charge in [0.2, 0.25) is 23.6 Å². The number of H-pyrrole nitrogens is 1. The zero-order valence-electron chi connectivity index (χ0n) is 20.0. The number of carboxylic acids is 2. The molecular formula is C21H33N7O8. The van der Waals surface area contributed by atoms with Gasteiger partial charge in [-0.1, -0.05) is 20.3 Å². The highest BCUT2D eigenvalue weighted by molar-refractivity contribution is 5.95. The second-order valence-electron chi connectivity index (χ2n) is 8.32. The van der Waals surface area contributed by atoms with Gasteiger partial charge in [0, 0.05) is 24.7 Å². The Kier molecular flexibility index (Phi) is 12.0. The van der Waals surface area contributed by atoms with Gasteiger partial charge in [-0.15, -0.1) is 0 Å². The van der Waals surface area contributed by atoms with Gasteiger partial charge in [0.15, 0.2) is 0 Å². The zero-order chi connectivity index (χ0) is 27.4. The van der Waals surface area contributed by atoms with Crippen LogP contribution in [0.4, 0.5) is 0 Å². The third kappa shape index (κ3) is 10.1. The minimum absolute atomic E-state index is 0.0808. The summed E-state index contributed by atoms with van der Waals surface area (Å²) in [7, 11) is 0. The molecule has 15 nitrogen and oxygen atoms in total. The number of hydrogen-bond donors (Lipinski definition) is 8. The second kappa shape index (κ2) is 14.4. The van der Waals surface area contributed by atoms with E-state index in [1.54, 1.807) is 6.92 Å². The topological polar surface area (TPSA) is 260 Å². The predicted octanol–water partition coefficient (Wildman–Crippen LogP) is -2.40. The van der Waals surface area contributed by atoms with Gasteiger partial charge >= 0.3 is 11.9 Å². The molecule has 0 radical (unpaired) electrons. The Morgan fingerprint density at radius 2 is 1.58 bits per heavy atom. The van der Waals surface area contributed by atoms with E-state index >= 15 is 0 Å². The maximum atomic E-state index is 13.0. The Morgan fingerprint density at radius 3 is 2.08 bits per heavy atom. The van der Waals surface area contributed by atoms with E-state index in [9.17, 15) is 39.0 Å². The van der Waals surface area contributed by atoms with Crippen molar-refractivity contribution in [2.24, 2.45) is 17.4 Å². The molecule has 0 bridgehead atoms. The first kappa shape index (κ1) is 30.0. The monoisotopic (exact) mass is 511 g/mol. The molecule has 36 heavy (non-hydrogen) atoms. The van der Waals surface area contributed by atoms with E-state index in [1.807, 2.05) is 6.92 Å². The van der Waals surface area contributed by atoms with Crippen molar-refractivity contribution in [3.63, 3.8) is 0 Å². The standard InChI is InChI=1S/C21H33N7O8/c1-3-10(2)17(23)20(34)28-13(6-11-8-24-9-25-11)18(32)27-14(7-16(30)31)19(33)26-12(21(35)36)4-5-15(22)29/h8-10,12-14,17H,3-7,23H2,1-2H3,(H2,22,29)(H,24,25)(H,26,33)(H,27,32)(H,28,34)(H,30,31)(H,35,36). The number of rotatable bonds is 16. The average Bonchev–Trinajstić information content (AvgIpc) is 3.31. The summed E-state index contributed by atoms with van der Waals surface area (Å²) in [6, 6.07) is -5.42. The lowest BCUT2D eigenvalue weighted by Crippen LogP contribution is -2.58. The summed E-state index contributed by atoms with van der Waals surface area (Å²) < 4.78 is 0. The molecule has 200 valence electrons. The Bertz CT molecular complexity index is 937. The molecule has 1 aromatic rings. The predicted molar refractivity (Wildman–Crippen MR) is 124 cm³/mol. The van der Waals surface area contributed by atoms with Crippen LogP contribution in [0.2, 0.25) is 0 Å². The van der Waals surface area contributed by atoms with Gasteiger partial charge in [0.1, 0.15) is 18.1 Å². The molecule has 0 fully saturated rings. The van der Waals surface area contributed by atoms with Gasteiger partial charge < -0.3 is 42.6 Å². The summed E-state index contributed by atoms with van der Waals surface area (Å²) in [6.07, 6.45) is 1.74. The maximum absolute atomic E-state index is 13.0. The van der Waals surface area contributed by atoms with Crippen molar-refractivity contribution < 1.29 is 39.0 Å². The molecule has 15 heteroatoms. The van der Waals surface area contributed by atoms with Crippen molar-refractivity contribution in [2.45, 2.75) is 70.1 Å². The maximum Gasteiger partial charge on any atom is 0.326 e. The van der Waals surface area contributed by atoms with E-state index in [0.29, 0.717) is 12.1 Å². The van der Waals surface area contributed by atoms with Crippen LogP contribution in [0.5, 0.6) is 0 Å². The molecule has 5 unspecified atom stereocenters. The SMILES string of the molecule is CCC(C)C(N)C(=O)NC(Cc1cnc[nH]1)C(=O)NC(CC(=O)O)C(=O)NC(CCC(N)=O)C(=O)O. The number of carboxylic acid groups (broad SMARTS) is 2. The first-order valence-electron chi connectivity index (χ1n) is 11.2. The smallest absolute Gasteiger partial charge is 0.326 e. The molecule has 0 aliphatic carbocycles. The minimum Gasteiger partial charge on any atom is -0.481 e. The van der Waals surface area contributed by atoms with E-state index in [-0.39, 0.29) is 25.2 Å². The highest BCUT2D eigenvalue weighted by Crippen LogP contribution is 2.08. The number of carbonyl (C=O) groups is 6. The summed E-state index contributed by atoms with van der Waals surface area (Å²) in [5, 5.41) is 25.4. The lowest BCUT2D eigenvalue weighted by Gasteiger charge is -2.25. The van der Waals surface area contributed by atoms with E-state index in [1.165, 1.54) is 12.5 Å². The fraction of sp³-hybridized carbons (Fsp3) is 0.571. The normalized spacial score (nSPS) is 15.0. The van der Waals surface area contributed by atoms with Crippen LogP contribution in [-0.2, 0) is 35.2 Å². The number of amides is 4. The highest BCUT2D eigenvalue weighted by atomic mass is 16.4. The Morgan fingerprint density at radius 1 is 1.00 bits per heavy atom. The summed E-state index contributed by atoms with van der Waals surface area (Å²) in [6.45, 7) is 3.61. The van der Waals surface area contributed by atoms with Gasteiger partial charge in [-0.25, -0.2) is 9.78 Å². The molecule has 0 saturated carbocycles. The molecule has 10 N–H and O–H groups in total. The summed E-state index contributed by atoms with van der Waals surface area (Å²) in [5.41, 5.74) is 11.4. The Balaban J connectivity index is 3.07. The molecule has 0 aromatic carbocycles. The number of imidazole rings is 1. The van der Waals surface area contributed by atoms with Gasteiger partial charge in [-0.3, -0.25) is 24.0 Å². The van der Waals surface area contributed by atoms with Crippen LogP contribution in [0, 0.1) is 5.92 Å². The van der Waals surface area contributed by atoms with Crippen LogP contribution < -0.4 is 27.4 Å². The lowest BCUT2D eigenvalue weighted by atomic mass is 9.98. The molecule has 1 rings (SSSR count). The molecule has 4 amide bonds. The number of carbonyl (C=O) groups excluding carboxylic acids is 4. The van der Waals surface area contributed by atoms with Crippen molar-refractivity contribution in [2.75, 3.05) is 0 Å². The molecule has 1 aromatic heterocycles. The Hall–Kier alpha value is -4.01. The number of nitrogens with one attached hydrogen (secondary N) is 4. The number of aromatic amines is 1. The van der Waals surface area contributed by atoms with Crippen LogP contribution in [-0.4, -0.2) is 79.9 Å². The zero-order valence-corrected chi connectivity index (χ0v) is 20.0. The average molecular weight is 512 g/mol. The van der Waals surface area contributed by atoms with Gasteiger partial charge in [-0.05, 0) is 12.3 Å². The van der Waals surface area contributed by atoms with Crippen molar-refractivity contribution in [1.29, 1.82) is 0 Å².